The average molecular weight is 204 g/mol. The lowest BCUT2D eigenvalue weighted by atomic mass is 10.2. The Balaban J connectivity index is 1.93. The number of hydrogen-bond acceptors (Lipinski definition) is 3. The van der Waals surface area contributed by atoms with Crippen molar-refractivity contribution in [1.29, 1.82) is 0 Å². The van der Waals surface area contributed by atoms with Crippen molar-refractivity contribution in [3.63, 3.8) is 0 Å². The molecule has 2 rings (SSSR count). The predicted molar refractivity (Wildman–Crippen MR) is 56.0 cm³/mol. The van der Waals surface area contributed by atoms with Gasteiger partial charge in [0, 0.05) is 12.1 Å². The maximum absolute atomic E-state index is 5.43. The first-order valence-electron chi connectivity index (χ1n) is 4.69. The molecule has 15 heavy (non-hydrogen) atoms. The summed E-state index contributed by atoms with van der Waals surface area (Å²) in [6, 6.07) is 13.4. The molecule has 0 amide bonds. The maximum Gasteiger partial charge on any atom is 0.287 e. The summed E-state index contributed by atoms with van der Waals surface area (Å²) in [5, 5.41) is 0. The van der Waals surface area contributed by atoms with Gasteiger partial charge in [0.05, 0.1) is 7.11 Å². The maximum atomic E-state index is 5.43. The second-order valence-electron chi connectivity index (χ2n) is 3.05. The van der Waals surface area contributed by atoms with Gasteiger partial charge >= 0.3 is 0 Å². The lowest BCUT2D eigenvalue weighted by molar-refractivity contribution is 0.203. The summed E-state index contributed by atoms with van der Waals surface area (Å²) in [7, 11) is 1.56. The molecule has 0 radical (unpaired) electrons. The lowest BCUT2D eigenvalue weighted by Crippen LogP contribution is -1.93. The molecule has 3 nitrogen and oxygen atoms in total. The van der Waals surface area contributed by atoms with Crippen molar-refractivity contribution < 1.29 is 13.9 Å². The van der Waals surface area contributed by atoms with Gasteiger partial charge in [0.1, 0.15) is 6.61 Å². The molecular weight excluding hydrogens is 192 g/mol. The third-order valence-electron chi connectivity index (χ3n) is 1.98. The van der Waals surface area contributed by atoms with Gasteiger partial charge in [-0.2, -0.15) is 0 Å². The molecule has 1 aromatic heterocycles. The zero-order chi connectivity index (χ0) is 10.5. The van der Waals surface area contributed by atoms with E-state index in [-0.39, 0.29) is 0 Å². The van der Waals surface area contributed by atoms with Crippen molar-refractivity contribution in [3.05, 3.63) is 48.0 Å². The number of methoxy groups -OCH3 is 1. The van der Waals surface area contributed by atoms with Crippen molar-refractivity contribution in [2.75, 3.05) is 7.11 Å². The third kappa shape index (κ3) is 2.53. The van der Waals surface area contributed by atoms with Crippen LogP contribution in [0.1, 0.15) is 5.56 Å². The third-order valence-corrected chi connectivity index (χ3v) is 1.98. The van der Waals surface area contributed by atoms with Crippen molar-refractivity contribution >= 4 is 0 Å². The lowest BCUT2D eigenvalue weighted by Gasteiger charge is -2.01. The highest BCUT2D eigenvalue weighted by Gasteiger charge is 2.02. The second-order valence-corrected chi connectivity index (χ2v) is 3.05. The quantitative estimate of drug-likeness (QED) is 0.767. The Hall–Kier alpha value is -1.90. The van der Waals surface area contributed by atoms with E-state index in [9.17, 15) is 0 Å². The minimum absolute atomic E-state index is 0.457. The van der Waals surface area contributed by atoms with Crippen LogP contribution in [-0.2, 0) is 6.61 Å². The standard InChI is InChI=1S/C12H12O3/c1-13-11-7-8-12(15-11)14-9-10-5-3-2-4-6-10/h2-8H,9H2,1H3. The second kappa shape index (κ2) is 4.55. The average Bonchev–Trinajstić information content (AvgIpc) is 2.76. The molecule has 0 saturated carbocycles. The minimum Gasteiger partial charge on any atom is -0.468 e. The molecule has 1 heterocycles. The van der Waals surface area contributed by atoms with Crippen LogP contribution in [0.15, 0.2) is 46.9 Å². The summed E-state index contributed by atoms with van der Waals surface area (Å²) in [5.74, 6) is 0.925. The number of hydrogen-bond donors (Lipinski definition) is 0. The van der Waals surface area contributed by atoms with E-state index in [1.165, 1.54) is 0 Å². The van der Waals surface area contributed by atoms with Crippen LogP contribution < -0.4 is 9.47 Å². The largest absolute Gasteiger partial charge is 0.468 e. The molecule has 78 valence electrons. The van der Waals surface area contributed by atoms with Crippen LogP contribution >= 0.6 is 0 Å². The number of rotatable bonds is 4. The topological polar surface area (TPSA) is 31.6 Å². The van der Waals surface area contributed by atoms with Crippen LogP contribution in [0.3, 0.4) is 0 Å². The van der Waals surface area contributed by atoms with Gasteiger partial charge in [-0.25, -0.2) is 0 Å². The van der Waals surface area contributed by atoms with Crippen LogP contribution in [0.5, 0.6) is 11.9 Å². The molecule has 0 aliphatic rings. The highest BCUT2D eigenvalue weighted by molar-refractivity contribution is 5.18. The molecule has 0 spiro atoms. The van der Waals surface area contributed by atoms with E-state index >= 15 is 0 Å². The molecule has 3 heteroatoms. The van der Waals surface area contributed by atoms with E-state index in [0.29, 0.717) is 18.5 Å². The molecule has 0 aliphatic heterocycles. The van der Waals surface area contributed by atoms with E-state index in [1.807, 2.05) is 30.3 Å². The van der Waals surface area contributed by atoms with Crippen LogP contribution in [-0.4, -0.2) is 7.11 Å². The molecule has 1 aromatic carbocycles. The summed E-state index contributed by atoms with van der Waals surface area (Å²) >= 11 is 0. The smallest absolute Gasteiger partial charge is 0.287 e. The zero-order valence-electron chi connectivity index (χ0n) is 8.47. The number of furan rings is 1. The van der Waals surface area contributed by atoms with Crippen molar-refractivity contribution in [1.82, 2.24) is 0 Å². The first kappa shape index (κ1) is 9.65. The van der Waals surface area contributed by atoms with Gasteiger partial charge in [-0.05, 0) is 5.56 Å². The van der Waals surface area contributed by atoms with Crippen LogP contribution in [0.2, 0.25) is 0 Å². The summed E-state index contributed by atoms with van der Waals surface area (Å²) in [6.07, 6.45) is 0. The van der Waals surface area contributed by atoms with Gasteiger partial charge in [-0.1, -0.05) is 30.3 Å². The molecule has 0 aliphatic carbocycles. The Morgan fingerprint density at radius 1 is 1.00 bits per heavy atom. The fourth-order valence-electron chi connectivity index (χ4n) is 1.22. The van der Waals surface area contributed by atoms with Crippen LogP contribution in [0.4, 0.5) is 0 Å². The van der Waals surface area contributed by atoms with Gasteiger partial charge in [0.2, 0.25) is 0 Å². The predicted octanol–water partition coefficient (Wildman–Crippen LogP) is 2.87. The van der Waals surface area contributed by atoms with Crippen molar-refractivity contribution in [3.8, 4) is 11.9 Å². The first-order chi connectivity index (χ1) is 7.38. The van der Waals surface area contributed by atoms with E-state index in [2.05, 4.69) is 0 Å². The summed E-state index contributed by atoms with van der Waals surface area (Å²) in [6.45, 7) is 0.498. The number of ether oxygens (including phenoxy) is 2. The Morgan fingerprint density at radius 2 is 1.73 bits per heavy atom. The Morgan fingerprint density at radius 3 is 2.40 bits per heavy atom. The van der Waals surface area contributed by atoms with E-state index in [4.69, 9.17) is 13.9 Å². The highest BCUT2D eigenvalue weighted by Crippen LogP contribution is 2.22. The van der Waals surface area contributed by atoms with Crippen molar-refractivity contribution in [2.24, 2.45) is 0 Å². The fraction of sp³-hybridized carbons (Fsp3) is 0.167. The van der Waals surface area contributed by atoms with Crippen molar-refractivity contribution in [2.45, 2.75) is 6.61 Å². The van der Waals surface area contributed by atoms with Gasteiger partial charge in [-0.15, -0.1) is 0 Å². The monoisotopic (exact) mass is 204 g/mol. The van der Waals surface area contributed by atoms with E-state index in [0.717, 1.165) is 5.56 Å². The SMILES string of the molecule is COc1ccc(OCc2ccccc2)o1. The van der Waals surface area contributed by atoms with Gasteiger partial charge < -0.3 is 13.9 Å². The normalized spacial score (nSPS) is 9.93. The fourth-order valence-corrected chi connectivity index (χ4v) is 1.22. The van der Waals surface area contributed by atoms with Crippen LogP contribution in [0.25, 0.3) is 0 Å². The minimum atomic E-state index is 0.457. The Labute approximate surface area is 88.2 Å². The Bertz CT molecular complexity index is 406. The molecule has 2 aromatic rings. The zero-order valence-corrected chi connectivity index (χ0v) is 8.47. The molecule has 0 saturated heterocycles. The summed E-state index contributed by atoms with van der Waals surface area (Å²) < 4.78 is 15.5. The van der Waals surface area contributed by atoms with E-state index in [1.54, 1.807) is 19.2 Å². The van der Waals surface area contributed by atoms with E-state index < -0.39 is 0 Å². The van der Waals surface area contributed by atoms with Gasteiger partial charge in [0.25, 0.3) is 11.9 Å². The molecular formula is C12H12O3. The molecule has 0 unspecified atom stereocenters. The van der Waals surface area contributed by atoms with Gasteiger partial charge in [-0.3, -0.25) is 0 Å². The van der Waals surface area contributed by atoms with Gasteiger partial charge in [0.15, 0.2) is 0 Å². The first-order valence-corrected chi connectivity index (χ1v) is 4.69. The molecule has 0 atom stereocenters. The molecule has 0 N–H and O–H groups in total. The molecule has 0 fully saturated rings. The number of benzene rings is 1. The molecule has 0 bridgehead atoms. The highest BCUT2D eigenvalue weighted by atomic mass is 16.6. The summed E-state index contributed by atoms with van der Waals surface area (Å²) in [5.41, 5.74) is 1.10. The Kier molecular flexibility index (Phi) is 2.93. The summed E-state index contributed by atoms with van der Waals surface area (Å²) in [4.78, 5) is 0. The van der Waals surface area contributed by atoms with Crippen LogP contribution in [0, 0.1) is 0 Å².